The number of hydrogen-bond donors (Lipinski definition) is 0. The van der Waals surface area contributed by atoms with E-state index in [0.717, 1.165) is 31.4 Å². The molecule has 0 saturated heterocycles. The van der Waals surface area contributed by atoms with Crippen molar-refractivity contribution in [2.45, 2.75) is 42.8 Å². The highest BCUT2D eigenvalue weighted by atomic mass is 32.2. The van der Waals surface area contributed by atoms with Crippen molar-refractivity contribution in [1.29, 1.82) is 0 Å². The molecule has 0 bridgehead atoms. The molecule has 1 aromatic rings. The standard InChI is InChI=1S/C14H18O2S/c1-2-16-12-6-8-13(9-7-12)17-14-5-3-4-11(15)10-14/h6-9,14H,2-5,10H2,1H3/t14-/m1/s1. The first-order chi connectivity index (χ1) is 8.28. The van der Waals surface area contributed by atoms with Crippen LogP contribution in [0, 0.1) is 0 Å². The summed E-state index contributed by atoms with van der Waals surface area (Å²) < 4.78 is 5.40. The van der Waals surface area contributed by atoms with Gasteiger partial charge in [0.2, 0.25) is 0 Å². The summed E-state index contributed by atoms with van der Waals surface area (Å²) >= 11 is 1.82. The number of carbonyl (C=O) groups excluding carboxylic acids is 1. The van der Waals surface area contributed by atoms with Gasteiger partial charge in [-0.25, -0.2) is 0 Å². The van der Waals surface area contributed by atoms with E-state index in [1.54, 1.807) is 0 Å². The number of carbonyl (C=O) groups is 1. The maximum Gasteiger partial charge on any atom is 0.134 e. The Balaban J connectivity index is 1.91. The molecule has 3 heteroatoms. The Kier molecular flexibility index (Phi) is 4.49. The third kappa shape index (κ3) is 3.77. The highest BCUT2D eigenvalue weighted by Gasteiger charge is 2.20. The normalized spacial score (nSPS) is 20.3. The van der Waals surface area contributed by atoms with Crippen molar-refractivity contribution < 1.29 is 9.53 Å². The number of Topliss-reactive ketones (excluding diaryl/α,β-unsaturated/α-hetero) is 1. The summed E-state index contributed by atoms with van der Waals surface area (Å²) in [5, 5.41) is 0.467. The predicted molar refractivity (Wildman–Crippen MR) is 70.7 cm³/mol. The van der Waals surface area contributed by atoms with Crippen molar-refractivity contribution in [3.8, 4) is 5.75 Å². The summed E-state index contributed by atoms with van der Waals surface area (Å²) in [6.45, 7) is 2.68. The lowest BCUT2D eigenvalue weighted by Gasteiger charge is -2.20. The summed E-state index contributed by atoms with van der Waals surface area (Å²) in [7, 11) is 0. The first-order valence-electron chi connectivity index (χ1n) is 6.19. The van der Waals surface area contributed by atoms with Crippen molar-refractivity contribution >= 4 is 17.5 Å². The second-order valence-corrected chi connectivity index (χ2v) is 5.65. The number of hydrogen-bond acceptors (Lipinski definition) is 3. The molecule has 2 rings (SSSR count). The molecule has 0 heterocycles. The first kappa shape index (κ1) is 12.5. The molecule has 0 aliphatic heterocycles. The van der Waals surface area contributed by atoms with E-state index in [1.807, 2.05) is 30.8 Å². The van der Waals surface area contributed by atoms with Gasteiger partial charge < -0.3 is 4.74 Å². The van der Waals surface area contributed by atoms with E-state index < -0.39 is 0 Å². The van der Waals surface area contributed by atoms with Crippen LogP contribution in [0.5, 0.6) is 5.75 Å². The number of ketones is 1. The fourth-order valence-corrected chi connectivity index (χ4v) is 3.29. The van der Waals surface area contributed by atoms with Crippen molar-refractivity contribution in [3.05, 3.63) is 24.3 Å². The van der Waals surface area contributed by atoms with Crippen LogP contribution in [-0.2, 0) is 4.79 Å². The van der Waals surface area contributed by atoms with Crippen LogP contribution in [0.15, 0.2) is 29.2 Å². The van der Waals surface area contributed by atoms with E-state index in [-0.39, 0.29) is 0 Å². The molecule has 2 nitrogen and oxygen atoms in total. The van der Waals surface area contributed by atoms with Crippen LogP contribution in [0.3, 0.4) is 0 Å². The van der Waals surface area contributed by atoms with E-state index in [1.165, 1.54) is 4.90 Å². The molecule has 1 aliphatic carbocycles. The Labute approximate surface area is 107 Å². The lowest BCUT2D eigenvalue weighted by atomic mass is 9.99. The Morgan fingerprint density at radius 2 is 2.12 bits per heavy atom. The molecule has 1 fully saturated rings. The number of ether oxygens (including phenoxy) is 1. The van der Waals surface area contributed by atoms with Crippen molar-refractivity contribution in [2.75, 3.05) is 6.61 Å². The Hall–Kier alpha value is -0.960. The molecule has 0 spiro atoms. The maximum absolute atomic E-state index is 11.4. The van der Waals surface area contributed by atoms with Gasteiger partial charge in [0.15, 0.2) is 0 Å². The smallest absolute Gasteiger partial charge is 0.134 e. The second kappa shape index (κ2) is 6.10. The molecule has 1 saturated carbocycles. The summed E-state index contributed by atoms with van der Waals surface area (Å²) in [5.74, 6) is 1.33. The molecular weight excluding hydrogens is 232 g/mol. The molecule has 0 amide bonds. The molecule has 0 aromatic heterocycles. The largest absolute Gasteiger partial charge is 0.494 e. The quantitative estimate of drug-likeness (QED) is 0.815. The fourth-order valence-electron chi connectivity index (χ4n) is 2.06. The second-order valence-electron chi connectivity index (χ2n) is 4.28. The van der Waals surface area contributed by atoms with Gasteiger partial charge in [-0.1, -0.05) is 0 Å². The van der Waals surface area contributed by atoms with E-state index in [2.05, 4.69) is 12.1 Å². The van der Waals surface area contributed by atoms with Crippen LogP contribution in [-0.4, -0.2) is 17.6 Å². The molecule has 0 N–H and O–H groups in total. The average molecular weight is 250 g/mol. The van der Waals surface area contributed by atoms with Crippen molar-refractivity contribution in [1.82, 2.24) is 0 Å². The lowest BCUT2D eigenvalue weighted by molar-refractivity contribution is -0.120. The van der Waals surface area contributed by atoms with Crippen molar-refractivity contribution in [2.24, 2.45) is 0 Å². The van der Waals surface area contributed by atoms with Crippen LogP contribution in [0.4, 0.5) is 0 Å². The molecule has 1 aromatic carbocycles. The Morgan fingerprint density at radius 3 is 2.76 bits per heavy atom. The molecule has 0 radical (unpaired) electrons. The zero-order valence-corrected chi connectivity index (χ0v) is 11.0. The van der Waals surface area contributed by atoms with E-state index >= 15 is 0 Å². The minimum atomic E-state index is 0.416. The van der Waals surface area contributed by atoms with Gasteiger partial charge in [0.05, 0.1) is 6.61 Å². The molecule has 1 atom stereocenters. The minimum Gasteiger partial charge on any atom is -0.494 e. The number of thioether (sulfide) groups is 1. The third-order valence-corrected chi connectivity index (χ3v) is 4.15. The topological polar surface area (TPSA) is 26.3 Å². The first-order valence-corrected chi connectivity index (χ1v) is 7.07. The van der Waals surface area contributed by atoms with Gasteiger partial charge >= 0.3 is 0 Å². The SMILES string of the molecule is CCOc1ccc(S[C@@H]2CCCC(=O)C2)cc1. The van der Waals surface area contributed by atoms with E-state index in [4.69, 9.17) is 4.74 Å². The summed E-state index contributed by atoms with van der Waals surface area (Å²) in [6, 6.07) is 8.15. The molecule has 0 unspecified atom stereocenters. The summed E-state index contributed by atoms with van der Waals surface area (Å²) in [4.78, 5) is 12.6. The third-order valence-electron chi connectivity index (χ3n) is 2.87. The Bertz CT molecular complexity index is 372. The number of rotatable bonds is 4. The van der Waals surface area contributed by atoms with Gasteiger partial charge in [-0.3, -0.25) is 4.79 Å². The lowest BCUT2D eigenvalue weighted by Crippen LogP contribution is -2.16. The van der Waals surface area contributed by atoms with Crippen LogP contribution in [0.1, 0.15) is 32.6 Å². The van der Waals surface area contributed by atoms with Gasteiger partial charge in [-0.05, 0) is 44.0 Å². The molecular formula is C14H18O2S. The van der Waals surface area contributed by atoms with E-state index in [0.29, 0.717) is 17.6 Å². The van der Waals surface area contributed by atoms with Crippen LogP contribution >= 0.6 is 11.8 Å². The van der Waals surface area contributed by atoms with Crippen LogP contribution in [0.2, 0.25) is 0 Å². The van der Waals surface area contributed by atoms with Gasteiger partial charge in [0.25, 0.3) is 0 Å². The minimum absolute atomic E-state index is 0.416. The summed E-state index contributed by atoms with van der Waals surface area (Å²) in [5.41, 5.74) is 0. The van der Waals surface area contributed by atoms with Gasteiger partial charge in [-0.15, -0.1) is 11.8 Å². The number of benzene rings is 1. The molecule has 17 heavy (non-hydrogen) atoms. The summed E-state index contributed by atoms with van der Waals surface area (Å²) in [6.07, 6.45) is 3.72. The van der Waals surface area contributed by atoms with Gasteiger partial charge in [0, 0.05) is 23.0 Å². The Morgan fingerprint density at radius 1 is 1.35 bits per heavy atom. The highest BCUT2D eigenvalue weighted by molar-refractivity contribution is 8.00. The molecule has 1 aliphatic rings. The highest BCUT2D eigenvalue weighted by Crippen LogP contribution is 2.33. The molecule has 92 valence electrons. The average Bonchev–Trinajstić information content (AvgIpc) is 2.32. The zero-order valence-electron chi connectivity index (χ0n) is 10.1. The fraction of sp³-hybridized carbons (Fsp3) is 0.500. The van der Waals surface area contributed by atoms with Crippen LogP contribution in [0.25, 0.3) is 0 Å². The zero-order chi connectivity index (χ0) is 12.1. The van der Waals surface area contributed by atoms with Gasteiger partial charge in [0.1, 0.15) is 11.5 Å². The maximum atomic E-state index is 11.4. The van der Waals surface area contributed by atoms with Gasteiger partial charge in [-0.2, -0.15) is 0 Å². The van der Waals surface area contributed by atoms with E-state index in [9.17, 15) is 4.79 Å². The van der Waals surface area contributed by atoms with Crippen LogP contribution < -0.4 is 4.74 Å². The predicted octanol–water partition coefficient (Wildman–Crippen LogP) is 3.69. The van der Waals surface area contributed by atoms with Crippen molar-refractivity contribution in [3.63, 3.8) is 0 Å². The monoisotopic (exact) mass is 250 g/mol.